The molecule has 0 saturated heterocycles. The standard InChI is InChI=1S/C12H13N3O/c1-15-9-14-11(12(15)8-16)5-4-10-3-2-6-13-7-10/h2-3,6-9H,4-5H2,1H3. The Hall–Kier alpha value is -1.97. The fourth-order valence-electron chi connectivity index (χ4n) is 1.64. The number of carbonyl (C=O) groups excluding carboxylic acids is 1. The van der Waals surface area contributed by atoms with Gasteiger partial charge in [-0.25, -0.2) is 4.98 Å². The van der Waals surface area contributed by atoms with Crippen LogP contribution in [0.5, 0.6) is 0 Å². The van der Waals surface area contributed by atoms with E-state index in [1.54, 1.807) is 17.1 Å². The Kier molecular flexibility index (Phi) is 3.10. The van der Waals surface area contributed by atoms with E-state index in [9.17, 15) is 4.79 Å². The highest BCUT2D eigenvalue weighted by Gasteiger charge is 2.07. The number of imidazole rings is 1. The van der Waals surface area contributed by atoms with Gasteiger partial charge in [0.05, 0.1) is 12.0 Å². The minimum absolute atomic E-state index is 0.656. The number of aromatic nitrogens is 3. The van der Waals surface area contributed by atoms with Crippen LogP contribution in [0.4, 0.5) is 0 Å². The first kappa shape index (κ1) is 10.5. The maximum absolute atomic E-state index is 10.8. The fraction of sp³-hybridized carbons (Fsp3) is 0.250. The van der Waals surface area contributed by atoms with Gasteiger partial charge >= 0.3 is 0 Å². The Bertz CT molecular complexity index is 476. The molecule has 0 amide bonds. The molecule has 0 unspecified atom stereocenters. The Morgan fingerprint density at radius 3 is 3.00 bits per heavy atom. The van der Waals surface area contributed by atoms with Crippen molar-refractivity contribution < 1.29 is 4.79 Å². The zero-order valence-electron chi connectivity index (χ0n) is 9.13. The zero-order chi connectivity index (χ0) is 11.4. The molecule has 82 valence electrons. The molecule has 0 saturated carbocycles. The number of aldehydes is 1. The van der Waals surface area contributed by atoms with Crippen molar-refractivity contribution in [1.29, 1.82) is 0 Å². The van der Waals surface area contributed by atoms with E-state index in [1.165, 1.54) is 0 Å². The van der Waals surface area contributed by atoms with Crippen LogP contribution in [0.2, 0.25) is 0 Å². The second-order valence-electron chi connectivity index (χ2n) is 3.67. The second-order valence-corrected chi connectivity index (χ2v) is 3.67. The van der Waals surface area contributed by atoms with E-state index in [2.05, 4.69) is 9.97 Å². The molecule has 0 fully saturated rings. The summed E-state index contributed by atoms with van der Waals surface area (Å²) < 4.78 is 1.74. The van der Waals surface area contributed by atoms with Crippen LogP contribution in [-0.2, 0) is 19.9 Å². The maximum atomic E-state index is 10.8. The van der Waals surface area contributed by atoms with Gasteiger partial charge in [-0.2, -0.15) is 0 Å². The summed E-state index contributed by atoms with van der Waals surface area (Å²) in [5.74, 6) is 0. The van der Waals surface area contributed by atoms with Gasteiger partial charge in [0.2, 0.25) is 0 Å². The molecule has 0 radical (unpaired) electrons. The smallest absolute Gasteiger partial charge is 0.168 e. The molecular weight excluding hydrogens is 202 g/mol. The summed E-state index contributed by atoms with van der Waals surface area (Å²) >= 11 is 0. The topological polar surface area (TPSA) is 47.8 Å². The van der Waals surface area contributed by atoms with E-state index in [0.717, 1.165) is 30.4 Å². The van der Waals surface area contributed by atoms with Crippen LogP contribution >= 0.6 is 0 Å². The SMILES string of the molecule is Cn1cnc(CCc2cccnc2)c1C=O. The van der Waals surface area contributed by atoms with Crippen molar-refractivity contribution in [2.75, 3.05) is 0 Å². The van der Waals surface area contributed by atoms with Gasteiger partial charge in [0.15, 0.2) is 6.29 Å². The van der Waals surface area contributed by atoms with Crippen LogP contribution in [0, 0.1) is 0 Å². The molecule has 16 heavy (non-hydrogen) atoms. The van der Waals surface area contributed by atoms with Crippen LogP contribution in [0.3, 0.4) is 0 Å². The Balaban J connectivity index is 2.08. The molecule has 2 rings (SSSR count). The monoisotopic (exact) mass is 215 g/mol. The van der Waals surface area contributed by atoms with E-state index in [0.29, 0.717) is 5.69 Å². The summed E-state index contributed by atoms with van der Waals surface area (Å²) in [5, 5.41) is 0. The quantitative estimate of drug-likeness (QED) is 0.724. The predicted octanol–water partition coefficient (Wildman–Crippen LogP) is 1.41. The molecule has 2 aromatic heterocycles. The molecule has 0 aromatic carbocycles. The Labute approximate surface area is 94.0 Å². The minimum atomic E-state index is 0.656. The van der Waals surface area contributed by atoms with Gasteiger partial charge in [0.25, 0.3) is 0 Å². The van der Waals surface area contributed by atoms with Crippen LogP contribution in [0.1, 0.15) is 21.7 Å². The van der Waals surface area contributed by atoms with E-state index in [4.69, 9.17) is 0 Å². The van der Waals surface area contributed by atoms with Crippen molar-refractivity contribution in [1.82, 2.24) is 14.5 Å². The van der Waals surface area contributed by atoms with Gasteiger partial charge in [-0.3, -0.25) is 9.78 Å². The highest BCUT2D eigenvalue weighted by Crippen LogP contribution is 2.08. The Morgan fingerprint density at radius 2 is 2.31 bits per heavy atom. The lowest BCUT2D eigenvalue weighted by molar-refractivity contribution is 0.111. The molecule has 0 atom stereocenters. The Morgan fingerprint density at radius 1 is 1.44 bits per heavy atom. The van der Waals surface area contributed by atoms with Gasteiger partial charge in [-0.05, 0) is 24.5 Å². The van der Waals surface area contributed by atoms with Gasteiger partial charge < -0.3 is 4.57 Å². The summed E-state index contributed by atoms with van der Waals surface area (Å²) in [6.07, 6.45) is 7.73. The van der Waals surface area contributed by atoms with Gasteiger partial charge in [-0.1, -0.05) is 6.07 Å². The summed E-state index contributed by atoms with van der Waals surface area (Å²) in [6, 6.07) is 3.94. The van der Waals surface area contributed by atoms with Gasteiger partial charge in [-0.15, -0.1) is 0 Å². The highest BCUT2D eigenvalue weighted by atomic mass is 16.1. The third-order valence-electron chi connectivity index (χ3n) is 2.55. The molecule has 0 aliphatic rings. The predicted molar refractivity (Wildman–Crippen MR) is 60.2 cm³/mol. The number of hydrogen-bond acceptors (Lipinski definition) is 3. The number of pyridine rings is 1. The van der Waals surface area contributed by atoms with Crippen LogP contribution in [-0.4, -0.2) is 20.8 Å². The molecule has 0 N–H and O–H groups in total. The number of nitrogens with zero attached hydrogens (tertiary/aromatic N) is 3. The van der Waals surface area contributed by atoms with Gasteiger partial charge in [0, 0.05) is 19.4 Å². The third-order valence-corrected chi connectivity index (χ3v) is 2.55. The lowest BCUT2D eigenvalue weighted by atomic mass is 10.1. The summed E-state index contributed by atoms with van der Waals surface area (Å²) in [4.78, 5) is 19.1. The van der Waals surface area contributed by atoms with E-state index in [-0.39, 0.29) is 0 Å². The van der Waals surface area contributed by atoms with E-state index >= 15 is 0 Å². The molecule has 2 heterocycles. The van der Waals surface area contributed by atoms with Crippen molar-refractivity contribution in [3.05, 3.63) is 47.8 Å². The highest BCUT2D eigenvalue weighted by molar-refractivity contribution is 5.73. The maximum Gasteiger partial charge on any atom is 0.168 e. The molecule has 0 aliphatic heterocycles. The first-order chi connectivity index (χ1) is 7.81. The van der Waals surface area contributed by atoms with Crippen molar-refractivity contribution in [2.24, 2.45) is 7.05 Å². The van der Waals surface area contributed by atoms with Crippen LogP contribution in [0.15, 0.2) is 30.9 Å². The number of rotatable bonds is 4. The molecule has 0 bridgehead atoms. The fourth-order valence-corrected chi connectivity index (χ4v) is 1.64. The molecule has 4 nitrogen and oxygen atoms in total. The molecule has 0 spiro atoms. The first-order valence-electron chi connectivity index (χ1n) is 5.15. The summed E-state index contributed by atoms with van der Waals surface area (Å²) in [7, 11) is 1.82. The van der Waals surface area contributed by atoms with Crippen molar-refractivity contribution >= 4 is 6.29 Å². The molecular formula is C12H13N3O. The average Bonchev–Trinajstić information content (AvgIpc) is 2.68. The number of hydrogen-bond donors (Lipinski definition) is 0. The minimum Gasteiger partial charge on any atom is -0.331 e. The summed E-state index contributed by atoms with van der Waals surface area (Å²) in [5.41, 5.74) is 2.66. The van der Waals surface area contributed by atoms with Gasteiger partial charge in [0.1, 0.15) is 5.69 Å². The van der Waals surface area contributed by atoms with Crippen molar-refractivity contribution in [3.8, 4) is 0 Å². The van der Waals surface area contributed by atoms with Crippen LogP contribution < -0.4 is 0 Å². The third kappa shape index (κ3) is 2.16. The largest absolute Gasteiger partial charge is 0.331 e. The summed E-state index contributed by atoms with van der Waals surface area (Å²) in [6.45, 7) is 0. The number of carbonyl (C=O) groups is 1. The molecule has 4 heteroatoms. The lowest BCUT2D eigenvalue weighted by Crippen LogP contribution is -1.99. The van der Waals surface area contributed by atoms with E-state index < -0.39 is 0 Å². The molecule has 0 aliphatic carbocycles. The van der Waals surface area contributed by atoms with Crippen LogP contribution in [0.25, 0.3) is 0 Å². The zero-order valence-corrected chi connectivity index (χ0v) is 9.13. The molecule has 2 aromatic rings. The average molecular weight is 215 g/mol. The van der Waals surface area contributed by atoms with E-state index in [1.807, 2.05) is 25.4 Å². The number of aryl methyl sites for hydroxylation is 3. The normalized spacial score (nSPS) is 10.3. The second kappa shape index (κ2) is 4.70. The van der Waals surface area contributed by atoms with Crippen molar-refractivity contribution in [3.63, 3.8) is 0 Å². The first-order valence-corrected chi connectivity index (χ1v) is 5.15. The lowest BCUT2D eigenvalue weighted by Gasteiger charge is -2.00. The van der Waals surface area contributed by atoms with Crippen molar-refractivity contribution in [2.45, 2.75) is 12.8 Å².